The van der Waals surface area contributed by atoms with Crippen LogP contribution in [0.1, 0.15) is 15.9 Å². The summed E-state index contributed by atoms with van der Waals surface area (Å²) in [7, 11) is 1.23. The van der Waals surface area contributed by atoms with Gasteiger partial charge in [-0.15, -0.1) is 0 Å². The lowest BCUT2D eigenvalue weighted by Gasteiger charge is -2.09. The third-order valence-corrected chi connectivity index (χ3v) is 2.07. The molecule has 1 aromatic rings. The molecule has 0 fully saturated rings. The van der Waals surface area contributed by atoms with Crippen molar-refractivity contribution >= 4 is 17.6 Å². The summed E-state index contributed by atoms with van der Waals surface area (Å²) in [6, 6.07) is 4.73. The van der Waals surface area contributed by atoms with Crippen LogP contribution in [-0.4, -0.2) is 19.0 Å². The van der Waals surface area contributed by atoms with Crippen LogP contribution in [0, 0.1) is 6.92 Å². The van der Waals surface area contributed by atoms with Gasteiger partial charge in [-0.25, -0.2) is 9.18 Å². The standard InChI is InChI=1S/C12H12FNO3/c1-7-4-5-10(14-11(15)8(2)13)9(6-7)12(16)17-3/h4-6H,2H2,1,3H3,(H,14,15). The van der Waals surface area contributed by atoms with Gasteiger partial charge in [-0.3, -0.25) is 4.79 Å². The Bertz CT molecular complexity index is 483. The summed E-state index contributed by atoms with van der Waals surface area (Å²) in [5.41, 5.74) is 1.18. The van der Waals surface area contributed by atoms with Gasteiger partial charge in [0.25, 0.3) is 5.91 Å². The van der Waals surface area contributed by atoms with E-state index in [1.54, 1.807) is 19.1 Å². The van der Waals surface area contributed by atoms with Crippen LogP contribution < -0.4 is 5.32 Å². The van der Waals surface area contributed by atoms with E-state index < -0.39 is 17.7 Å². The van der Waals surface area contributed by atoms with Crippen LogP contribution in [0.25, 0.3) is 0 Å². The number of halogens is 1. The highest BCUT2D eigenvalue weighted by atomic mass is 19.1. The van der Waals surface area contributed by atoms with E-state index >= 15 is 0 Å². The average molecular weight is 237 g/mol. The summed E-state index contributed by atoms with van der Waals surface area (Å²) in [5, 5.41) is 2.24. The number of methoxy groups -OCH3 is 1. The van der Waals surface area contributed by atoms with E-state index in [2.05, 4.69) is 16.6 Å². The van der Waals surface area contributed by atoms with Crippen molar-refractivity contribution in [2.45, 2.75) is 6.92 Å². The van der Waals surface area contributed by atoms with Gasteiger partial charge in [-0.2, -0.15) is 0 Å². The van der Waals surface area contributed by atoms with Crippen LogP contribution in [0.2, 0.25) is 0 Å². The van der Waals surface area contributed by atoms with Gasteiger partial charge in [0, 0.05) is 0 Å². The van der Waals surface area contributed by atoms with E-state index in [1.807, 2.05) is 0 Å². The highest BCUT2D eigenvalue weighted by Gasteiger charge is 2.15. The minimum atomic E-state index is -1.12. The highest BCUT2D eigenvalue weighted by molar-refractivity contribution is 6.06. The molecule has 1 aromatic carbocycles. The SMILES string of the molecule is C=C(F)C(=O)Nc1ccc(C)cc1C(=O)OC. The summed E-state index contributed by atoms with van der Waals surface area (Å²) >= 11 is 0. The van der Waals surface area contributed by atoms with Gasteiger partial charge >= 0.3 is 5.97 Å². The fourth-order valence-corrected chi connectivity index (χ4v) is 1.24. The lowest BCUT2D eigenvalue weighted by molar-refractivity contribution is -0.114. The molecule has 1 rings (SSSR count). The Morgan fingerprint density at radius 3 is 2.59 bits per heavy atom. The number of rotatable bonds is 3. The third-order valence-electron chi connectivity index (χ3n) is 2.07. The molecule has 5 heteroatoms. The molecule has 0 saturated carbocycles. The highest BCUT2D eigenvalue weighted by Crippen LogP contribution is 2.19. The van der Waals surface area contributed by atoms with Crippen LogP contribution in [0.5, 0.6) is 0 Å². The van der Waals surface area contributed by atoms with Crippen LogP contribution in [0.4, 0.5) is 10.1 Å². The van der Waals surface area contributed by atoms with E-state index in [0.717, 1.165) is 5.56 Å². The molecule has 0 bridgehead atoms. The minimum Gasteiger partial charge on any atom is -0.465 e. The van der Waals surface area contributed by atoms with Crippen LogP contribution in [-0.2, 0) is 9.53 Å². The molecule has 0 unspecified atom stereocenters. The molecule has 0 atom stereocenters. The zero-order chi connectivity index (χ0) is 13.0. The zero-order valence-electron chi connectivity index (χ0n) is 9.54. The molecule has 0 aliphatic carbocycles. The summed E-state index contributed by atoms with van der Waals surface area (Å²) in [5.74, 6) is -2.71. The first-order chi connectivity index (χ1) is 7.95. The number of ether oxygens (including phenoxy) is 1. The summed E-state index contributed by atoms with van der Waals surface area (Å²) in [6.07, 6.45) is 0. The Kier molecular flexibility index (Phi) is 3.98. The van der Waals surface area contributed by atoms with E-state index in [9.17, 15) is 14.0 Å². The number of anilines is 1. The van der Waals surface area contributed by atoms with Crippen molar-refractivity contribution in [3.05, 3.63) is 41.7 Å². The molecule has 17 heavy (non-hydrogen) atoms. The number of amides is 1. The lowest BCUT2D eigenvalue weighted by Crippen LogP contribution is -2.15. The molecular weight excluding hydrogens is 225 g/mol. The minimum absolute atomic E-state index is 0.169. The Morgan fingerprint density at radius 1 is 1.41 bits per heavy atom. The first-order valence-electron chi connectivity index (χ1n) is 4.80. The maximum absolute atomic E-state index is 12.6. The first kappa shape index (κ1) is 12.9. The number of hydrogen-bond donors (Lipinski definition) is 1. The van der Waals surface area contributed by atoms with Gasteiger partial charge in [-0.05, 0) is 19.1 Å². The summed E-state index contributed by atoms with van der Waals surface area (Å²) in [6.45, 7) is 4.65. The van der Waals surface area contributed by atoms with Gasteiger partial charge in [0.15, 0.2) is 5.83 Å². The van der Waals surface area contributed by atoms with Crippen molar-refractivity contribution in [1.82, 2.24) is 0 Å². The van der Waals surface area contributed by atoms with Gasteiger partial charge in [-0.1, -0.05) is 18.2 Å². The molecule has 0 spiro atoms. The predicted molar refractivity (Wildman–Crippen MR) is 61.4 cm³/mol. The zero-order valence-corrected chi connectivity index (χ0v) is 9.54. The quantitative estimate of drug-likeness (QED) is 0.647. The molecule has 0 aromatic heterocycles. The fraction of sp³-hybridized carbons (Fsp3) is 0.167. The Morgan fingerprint density at radius 2 is 2.06 bits per heavy atom. The maximum Gasteiger partial charge on any atom is 0.339 e. The number of aryl methyl sites for hydroxylation is 1. The fourth-order valence-electron chi connectivity index (χ4n) is 1.24. The van der Waals surface area contributed by atoms with Gasteiger partial charge < -0.3 is 10.1 Å². The molecule has 0 aliphatic rings. The second-order valence-electron chi connectivity index (χ2n) is 3.40. The smallest absolute Gasteiger partial charge is 0.339 e. The van der Waals surface area contributed by atoms with Crippen LogP contribution >= 0.6 is 0 Å². The second-order valence-corrected chi connectivity index (χ2v) is 3.40. The first-order valence-corrected chi connectivity index (χ1v) is 4.80. The summed E-state index contributed by atoms with van der Waals surface area (Å²) in [4.78, 5) is 22.6. The van der Waals surface area contributed by atoms with Crippen molar-refractivity contribution in [2.24, 2.45) is 0 Å². The topological polar surface area (TPSA) is 55.4 Å². The van der Waals surface area contributed by atoms with Crippen molar-refractivity contribution < 1.29 is 18.7 Å². The number of esters is 1. The number of carbonyl (C=O) groups is 2. The Labute approximate surface area is 98.1 Å². The number of nitrogens with one attached hydrogen (secondary N) is 1. The average Bonchev–Trinajstić information content (AvgIpc) is 2.30. The van der Waals surface area contributed by atoms with Gasteiger partial charge in [0.05, 0.1) is 18.4 Å². The molecule has 1 N–H and O–H groups in total. The molecule has 0 aliphatic heterocycles. The van der Waals surface area contributed by atoms with E-state index in [0.29, 0.717) is 0 Å². The van der Waals surface area contributed by atoms with Gasteiger partial charge in [0.1, 0.15) is 0 Å². The molecule has 0 saturated heterocycles. The van der Waals surface area contributed by atoms with Crippen molar-refractivity contribution in [1.29, 1.82) is 0 Å². The molecule has 90 valence electrons. The van der Waals surface area contributed by atoms with Crippen molar-refractivity contribution in [3.63, 3.8) is 0 Å². The van der Waals surface area contributed by atoms with E-state index in [-0.39, 0.29) is 11.3 Å². The number of hydrogen-bond acceptors (Lipinski definition) is 3. The van der Waals surface area contributed by atoms with E-state index in [4.69, 9.17) is 0 Å². The molecule has 4 nitrogen and oxygen atoms in total. The third kappa shape index (κ3) is 3.14. The lowest BCUT2D eigenvalue weighted by atomic mass is 10.1. The van der Waals surface area contributed by atoms with Crippen molar-refractivity contribution in [2.75, 3.05) is 12.4 Å². The molecule has 0 radical (unpaired) electrons. The second kappa shape index (κ2) is 5.25. The predicted octanol–water partition coefficient (Wildman–Crippen LogP) is 2.20. The van der Waals surface area contributed by atoms with Crippen molar-refractivity contribution in [3.8, 4) is 0 Å². The Hall–Kier alpha value is -2.17. The largest absolute Gasteiger partial charge is 0.465 e. The van der Waals surface area contributed by atoms with Gasteiger partial charge in [0.2, 0.25) is 0 Å². The maximum atomic E-state index is 12.6. The monoisotopic (exact) mass is 237 g/mol. The number of carbonyl (C=O) groups excluding carboxylic acids is 2. The Balaban J connectivity index is 3.10. The molecule has 0 heterocycles. The van der Waals surface area contributed by atoms with Crippen LogP contribution in [0.3, 0.4) is 0 Å². The molecule has 1 amide bonds. The summed E-state index contributed by atoms with van der Waals surface area (Å²) < 4.78 is 17.1. The van der Waals surface area contributed by atoms with Crippen LogP contribution in [0.15, 0.2) is 30.6 Å². The number of benzene rings is 1. The molecular formula is C12H12FNO3. The normalized spacial score (nSPS) is 9.59. The van der Waals surface area contributed by atoms with E-state index in [1.165, 1.54) is 13.2 Å².